The maximum atomic E-state index is 11.1. The molecule has 1 N–H and O–H groups in total. The lowest BCUT2D eigenvalue weighted by Crippen LogP contribution is -2.14. The highest BCUT2D eigenvalue weighted by Crippen LogP contribution is 2.23. The Labute approximate surface area is 95.5 Å². The Kier molecular flexibility index (Phi) is 4.01. The summed E-state index contributed by atoms with van der Waals surface area (Å²) in [5.41, 5.74) is -0.0622. The number of anilines is 1. The molecule has 0 fully saturated rings. The molecule has 1 amide bonds. The van der Waals surface area contributed by atoms with Crippen molar-refractivity contribution in [3.63, 3.8) is 0 Å². The summed E-state index contributed by atoms with van der Waals surface area (Å²) in [7, 11) is 0. The quantitative estimate of drug-likeness (QED) is 0.500. The Morgan fingerprint density at radius 2 is 2.38 bits per heavy atom. The summed E-state index contributed by atoms with van der Waals surface area (Å²) in [6.45, 7) is 1.79. The van der Waals surface area contributed by atoms with Crippen molar-refractivity contribution in [2.75, 3.05) is 11.9 Å². The minimum Gasteiger partial charge on any atom is -0.450 e. The Morgan fingerprint density at radius 3 is 2.94 bits per heavy atom. The zero-order valence-corrected chi connectivity index (χ0v) is 9.02. The minimum absolute atomic E-state index is 0.0268. The molecule has 1 aromatic heterocycles. The molecule has 7 nitrogen and oxygen atoms in total. The standard InChI is InChI=1S/C8H8ClN3O4/c1-2-16-8(13)10-5-3-4-6(9)11-7(5)12(14)15/h3-4H,2H2,1H3,(H,10,13). The summed E-state index contributed by atoms with van der Waals surface area (Å²) < 4.78 is 4.58. The van der Waals surface area contributed by atoms with Gasteiger partial charge in [-0.25, -0.2) is 4.79 Å². The van der Waals surface area contributed by atoms with Gasteiger partial charge in [0.25, 0.3) is 0 Å². The lowest BCUT2D eigenvalue weighted by atomic mass is 10.4. The van der Waals surface area contributed by atoms with E-state index in [1.807, 2.05) is 0 Å². The highest BCUT2D eigenvalue weighted by atomic mass is 35.5. The van der Waals surface area contributed by atoms with Crippen LogP contribution in [0.15, 0.2) is 12.1 Å². The van der Waals surface area contributed by atoms with Gasteiger partial charge in [-0.15, -0.1) is 0 Å². The van der Waals surface area contributed by atoms with Crippen molar-refractivity contribution in [2.45, 2.75) is 6.92 Å². The lowest BCUT2D eigenvalue weighted by Gasteiger charge is -2.04. The first-order valence-electron chi connectivity index (χ1n) is 4.29. The van der Waals surface area contributed by atoms with Crippen molar-refractivity contribution in [2.24, 2.45) is 0 Å². The number of halogens is 1. The van der Waals surface area contributed by atoms with E-state index in [2.05, 4.69) is 15.0 Å². The second kappa shape index (κ2) is 5.26. The van der Waals surface area contributed by atoms with Crippen LogP contribution < -0.4 is 5.32 Å². The smallest absolute Gasteiger partial charge is 0.411 e. The molecule has 0 atom stereocenters. The van der Waals surface area contributed by atoms with Gasteiger partial charge in [-0.2, -0.15) is 0 Å². The molecule has 1 aromatic rings. The number of amides is 1. The Balaban J connectivity index is 2.95. The number of nitrogens with zero attached hydrogens (tertiary/aromatic N) is 2. The fourth-order valence-corrected chi connectivity index (χ4v) is 1.08. The molecule has 0 spiro atoms. The van der Waals surface area contributed by atoms with Crippen LogP contribution in [0.5, 0.6) is 0 Å². The van der Waals surface area contributed by atoms with Gasteiger partial charge in [0.05, 0.1) is 6.61 Å². The molecule has 0 aliphatic heterocycles. The largest absolute Gasteiger partial charge is 0.450 e. The van der Waals surface area contributed by atoms with Crippen LogP contribution in [0.1, 0.15) is 6.92 Å². The monoisotopic (exact) mass is 245 g/mol. The van der Waals surface area contributed by atoms with Gasteiger partial charge in [0.1, 0.15) is 5.69 Å². The van der Waals surface area contributed by atoms with E-state index in [0.29, 0.717) is 0 Å². The summed E-state index contributed by atoms with van der Waals surface area (Å²) in [5.74, 6) is -0.527. The number of carbonyl (C=O) groups excluding carboxylic acids is 1. The van der Waals surface area contributed by atoms with E-state index in [-0.39, 0.29) is 17.4 Å². The number of hydrogen-bond donors (Lipinski definition) is 1. The maximum Gasteiger partial charge on any atom is 0.411 e. The molecule has 8 heteroatoms. The Morgan fingerprint density at radius 1 is 1.69 bits per heavy atom. The van der Waals surface area contributed by atoms with E-state index in [0.717, 1.165) is 0 Å². The van der Waals surface area contributed by atoms with Crippen LogP contribution in [0.4, 0.5) is 16.3 Å². The SMILES string of the molecule is CCOC(=O)Nc1ccc(Cl)nc1[N+](=O)[O-]. The van der Waals surface area contributed by atoms with Crippen molar-refractivity contribution in [1.29, 1.82) is 0 Å². The number of ether oxygens (including phenoxy) is 1. The van der Waals surface area contributed by atoms with Crippen LogP contribution >= 0.6 is 11.6 Å². The van der Waals surface area contributed by atoms with Crippen LogP contribution in [0.3, 0.4) is 0 Å². The van der Waals surface area contributed by atoms with Crippen molar-refractivity contribution < 1.29 is 14.5 Å². The average Bonchev–Trinajstić information content (AvgIpc) is 2.20. The molecular formula is C8H8ClN3O4. The van der Waals surface area contributed by atoms with Crippen molar-refractivity contribution in [3.05, 3.63) is 27.4 Å². The lowest BCUT2D eigenvalue weighted by molar-refractivity contribution is -0.388. The summed E-state index contributed by atoms with van der Waals surface area (Å²) in [5, 5.41) is 12.8. The zero-order valence-electron chi connectivity index (χ0n) is 8.27. The molecule has 0 saturated heterocycles. The van der Waals surface area contributed by atoms with Gasteiger partial charge >= 0.3 is 11.9 Å². The van der Waals surface area contributed by atoms with Crippen LogP contribution in [-0.4, -0.2) is 22.6 Å². The summed E-state index contributed by atoms with van der Waals surface area (Å²) in [4.78, 5) is 24.4. The number of hydrogen-bond acceptors (Lipinski definition) is 5. The zero-order chi connectivity index (χ0) is 12.1. The van der Waals surface area contributed by atoms with Crippen LogP contribution in [0.2, 0.25) is 5.15 Å². The van der Waals surface area contributed by atoms with E-state index < -0.39 is 16.8 Å². The molecule has 1 heterocycles. The summed E-state index contributed by atoms with van der Waals surface area (Å²) in [6, 6.07) is 2.61. The van der Waals surface area contributed by atoms with Gasteiger partial charge in [-0.05, 0) is 34.5 Å². The van der Waals surface area contributed by atoms with Gasteiger partial charge in [-0.3, -0.25) is 5.32 Å². The van der Waals surface area contributed by atoms with E-state index in [4.69, 9.17) is 11.6 Å². The number of rotatable bonds is 3. The third kappa shape index (κ3) is 3.06. The second-order valence-corrected chi connectivity index (χ2v) is 2.99. The van der Waals surface area contributed by atoms with E-state index in [1.165, 1.54) is 12.1 Å². The molecule has 0 unspecified atom stereocenters. The molecule has 0 radical (unpaired) electrons. The maximum absolute atomic E-state index is 11.1. The van der Waals surface area contributed by atoms with Crippen LogP contribution in [0, 0.1) is 10.1 Å². The van der Waals surface area contributed by atoms with E-state index >= 15 is 0 Å². The predicted molar refractivity (Wildman–Crippen MR) is 56.5 cm³/mol. The molecule has 0 aromatic carbocycles. The van der Waals surface area contributed by atoms with Gasteiger partial charge in [-0.1, -0.05) is 0 Å². The van der Waals surface area contributed by atoms with Crippen molar-refractivity contribution in [3.8, 4) is 0 Å². The highest BCUT2D eigenvalue weighted by Gasteiger charge is 2.18. The molecular weight excluding hydrogens is 238 g/mol. The number of nitrogens with one attached hydrogen (secondary N) is 1. The Hall–Kier alpha value is -1.89. The molecule has 16 heavy (non-hydrogen) atoms. The number of aromatic nitrogens is 1. The van der Waals surface area contributed by atoms with Crippen molar-refractivity contribution >= 4 is 29.2 Å². The van der Waals surface area contributed by atoms with E-state index in [9.17, 15) is 14.9 Å². The van der Waals surface area contributed by atoms with Crippen LogP contribution in [0.25, 0.3) is 0 Å². The summed E-state index contributed by atoms with van der Waals surface area (Å²) >= 11 is 5.50. The highest BCUT2D eigenvalue weighted by molar-refractivity contribution is 6.29. The molecule has 86 valence electrons. The topological polar surface area (TPSA) is 94.4 Å². The first-order valence-corrected chi connectivity index (χ1v) is 4.67. The minimum atomic E-state index is -0.783. The normalized spacial score (nSPS) is 9.62. The second-order valence-electron chi connectivity index (χ2n) is 2.61. The average molecular weight is 246 g/mol. The van der Waals surface area contributed by atoms with Gasteiger partial charge in [0, 0.05) is 6.07 Å². The number of nitro groups is 1. The predicted octanol–water partition coefficient (Wildman–Crippen LogP) is 2.21. The first kappa shape index (κ1) is 12.2. The molecule has 0 bridgehead atoms. The summed E-state index contributed by atoms with van der Waals surface area (Å²) in [6.07, 6.45) is -0.783. The molecule has 1 rings (SSSR count). The van der Waals surface area contributed by atoms with Gasteiger partial charge in [0.2, 0.25) is 5.15 Å². The van der Waals surface area contributed by atoms with Crippen LogP contribution in [-0.2, 0) is 4.74 Å². The molecule has 0 aliphatic carbocycles. The molecule has 0 aliphatic rings. The number of carbonyl (C=O) groups is 1. The third-order valence-electron chi connectivity index (χ3n) is 1.53. The fourth-order valence-electron chi connectivity index (χ4n) is 0.939. The third-order valence-corrected chi connectivity index (χ3v) is 1.74. The van der Waals surface area contributed by atoms with Gasteiger partial charge < -0.3 is 14.9 Å². The molecule has 0 saturated carbocycles. The van der Waals surface area contributed by atoms with Crippen molar-refractivity contribution in [1.82, 2.24) is 4.98 Å². The number of pyridine rings is 1. The first-order chi connectivity index (χ1) is 7.54. The van der Waals surface area contributed by atoms with E-state index in [1.54, 1.807) is 6.92 Å². The Bertz CT molecular complexity index is 424. The van der Waals surface area contributed by atoms with Gasteiger partial charge in [0.15, 0.2) is 0 Å². The fraction of sp³-hybridized carbons (Fsp3) is 0.250.